The largest absolute Gasteiger partial charge is 0.493 e. The Labute approximate surface area is 270 Å². The molecule has 47 heavy (non-hydrogen) atoms. The van der Waals surface area contributed by atoms with Crippen molar-refractivity contribution in [2.45, 2.75) is 77.5 Å². The summed E-state index contributed by atoms with van der Waals surface area (Å²) in [5.74, 6) is -2.06. The lowest BCUT2D eigenvalue weighted by molar-refractivity contribution is -0.288. The predicted molar refractivity (Wildman–Crippen MR) is 159 cm³/mol. The van der Waals surface area contributed by atoms with Crippen molar-refractivity contribution in [2.75, 3.05) is 20.3 Å². The minimum absolute atomic E-state index is 0.0543. The number of hydrogen-bond acceptors (Lipinski definition) is 14. The van der Waals surface area contributed by atoms with E-state index >= 15 is 0 Å². The van der Waals surface area contributed by atoms with E-state index in [1.165, 1.54) is 32.2 Å². The van der Waals surface area contributed by atoms with Gasteiger partial charge in [-0.05, 0) is 37.3 Å². The number of carbonyl (C=O) groups is 5. The zero-order valence-electron chi connectivity index (χ0n) is 26.7. The Morgan fingerprint density at radius 3 is 2.11 bits per heavy atom. The summed E-state index contributed by atoms with van der Waals surface area (Å²) >= 11 is 0. The van der Waals surface area contributed by atoms with Crippen LogP contribution in [0.25, 0.3) is 0 Å². The van der Waals surface area contributed by atoms with Crippen LogP contribution in [0.15, 0.2) is 42.5 Å². The summed E-state index contributed by atoms with van der Waals surface area (Å²) in [5, 5.41) is 2.90. The van der Waals surface area contributed by atoms with Gasteiger partial charge in [0.2, 0.25) is 12.4 Å². The van der Waals surface area contributed by atoms with Gasteiger partial charge in [-0.2, -0.15) is 0 Å². The second-order valence-electron chi connectivity index (χ2n) is 10.7. The smallest absolute Gasteiger partial charge is 0.303 e. The number of hydrogen-bond donors (Lipinski definition) is 1. The molecule has 4 rings (SSSR count). The highest BCUT2D eigenvalue weighted by atomic mass is 16.7. The number of esters is 4. The average Bonchev–Trinajstić information content (AvgIpc) is 3.02. The molecule has 15 nitrogen and oxygen atoms in total. The van der Waals surface area contributed by atoms with E-state index < -0.39 is 79.2 Å². The third-order valence-electron chi connectivity index (χ3n) is 7.06. The highest BCUT2D eigenvalue weighted by molar-refractivity contribution is 5.95. The number of benzene rings is 2. The molecule has 2 heterocycles. The van der Waals surface area contributed by atoms with E-state index in [4.69, 9.17) is 42.6 Å². The van der Waals surface area contributed by atoms with Crippen molar-refractivity contribution in [3.05, 3.63) is 48.0 Å². The molecule has 1 saturated heterocycles. The van der Waals surface area contributed by atoms with Crippen LogP contribution in [0.1, 0.15) is 45.0 Å². The maximum atomic E-state index is 13.2. The van der Waals surface area contributed by atoms with Crippen LogP contribution in [0.4, 0.5) is 0 Å². The maximum absolute atomic E-state index is 13.2. The summed E-state index contributed by atoms with van der Waals surface area (Å²) in [7, 11) is 1.35. The number of nitrogens with one attached hydrogen (secondary N) is 1. The minimum Gasteiger partial charge on any atom is -0.493 e. The van der Waals surface area contributed by atoms with Crippen LogP contribution in [-0.4, -0.2) is 93.0 Å². The molecule has 7 atom stereocenters. The molecule has 15 heteroatoms. The maximum Gasteiger partial charge on any atom is 0.303 e. The molecule has 2 aliphatic heterocycles. The monoisotopic (exact) mass is 659 g/mol. The molecule has 0 radical (unpaired) electrons. The van der Waals surface area contributed by atoms with Crippen molar-refractivity contribution in [1.29, 1.82) is 0 Å². The first-order valence-corrected chi connectivity index (χ1v) is 14.7. The van der Waals surface area contributed by atoms with Gasteiger partial charge in [-0.15, -0.1) is 0 Å². The van der Waals surface area contributed by atoms with Gasteiger partial charge in [0.1, 0.15) is 19.3 Å². The fraction of sp³-hybridized carbons (Fsp3) is 0.469. The Morgan fingerprint density at radius 1 is 0.830 bits per heavy atom. The van der Waals surface area contributed by atoms with E-state index in [1.807, 2.05) is 12.1 Å². The van der Waals surface area contributed by atoms with Crippen LogP contribution in [-0.2, 0) is 42.9 Å². The fourth-order valence-electron chi connectivity index (χ4n) is 4.98. The van der Waals surface area contributed by atoms with Crippen molar-refractivity contribution in [2.24, 2.45) is 0 Å². The first-order chi connectivity index (χ1) is 22.4. The molecule has 0 aromatic heterocycles. The van der Waals surface area contributed by atoms with Crippen molar-refractivity contribution in [3.8, 4) is 23.0 Å². The normalized spacial score (nSPS) is 23.7. The van der Waals surface area contributed by atoms with Gasteiger partial charge in [0.15, 0.2) is 41.3 Å². The van der Waals surface area contributed by atoms with Crippen molar-refractivity contribution >= 4 is 29.8 Å². The lowest BCUT2D eigenvalue weighted by Crippen LogP contribution is -2.63. The van der Waals surface area contributed by atoms with Gasteiger partial charge in [0.25, 0.3) is 5.91 Å². The number of ether oxygens (including phenoxy) is 9. The third-order valence-corrected chi connectivity index (χ3v) is 7.06. The van der Waals surface area contributed by atoms with E-state index in [0.717, 1.165) is 20.8 Å². The SMILES string of the molecule is COc1cc(C(=O)N[C@H](C)[C@@H]2COc3ccccc3O2)ccc1O[C@H]1O[C@@H](COC(C)=O)[C@H](OC(C)=O)[C@@H](OC(C)=O)[C@@H]1OC(C)=O. The van der Waals surface area contributed by atoms with E-state index in [-0.39, 0.29) is 23.7 Å². The Kier molecular flexibility index (Phi) is 11.5. The zero-order valence-corrected chi connectivity index (χ0v) is 26.7. The molecule has 1 N–H and O–H groups in total. The number of amides is 1. The van der Waals surface area contributed by atoms with E-state index in [2.05, 4.69) is 5.32 Å². The Morgan fingerprint density at radius 2 is 1.47 bits per heavy atom. The molecule has 1 fully saturated rings. The molecule has 0 unspecified atom stereocenters. The molecule has 2 aromatic rings. The first-order valence-electron chi connectivity index (χ1n) is 14.7. The number of para-hydroxylation sites is 2. The van der Waals surface area contributed by atoms with Crippen molar-refractivity contribution < 1.29 is 66.6 Å². The topological polar surface area (TPSA) is 180 Å². The summed E-state index contributed by atoms with van der Waals surface area (Å²) in [4.78, 5) is 61.0. The average molecular weight is 660 g/mol. The molecule has 254 valence electrons. The minimum atomic E-state index is -1.49. The quantitative estimate of drug-likeness (QED) is 0.274. The molecule has 0 bridgehead atoms. The molecule has 0 spiro atoms. The van der Waals surface area contributed by atoms with Crippen LogP contribution in [0.5, 0.6) is 23.0 Å². The fourth-order valence-corrected chi connectivity index (χ4v) is 4.98. The van der Waals surface area contributed by atoms with Gasteiger partial charge in [0.05, 0.1) is 13.2 Å². The number of carbonyl (C=O) groups excluding carboxylic acids is 5. The number of fused-ring (bicyclic) bond motifs is 1. The molecule has 0 aliphatic carbocycles. The van der Waals surface area contributed by atoms with Crippen LogP contribution in [0, 0.1) is 0 Å². The summed E-state index contributed by atoms with van der Waals surface area (Å²) in [5.41, 5.74) is 0.222. The third kappa shape index (κ3) is 9.03. The van der Waals surface area contributed by atoms with Crippen molar-refractivity contribution in [3.63, 3.8) is 0 Å². The van der Waals surface area contributed by atoms with Gasteiger partial charge in [-0.25, -0.2) is 0 Å². The molecular weight excluding hydrogens is 622 g/mol. The van der Waals surface area contributed by atoms with Gasteiger partial charge in [0, 0.05) is 33.3 Å². The number of rotatable bonds is 11. The summed E-state index contributed by atoms with van der Waals surface area (Å²) in [6.45, 7) is 6.13. The van der Waals surface area contributed by atoms with Gasteiger partial charge in [-0.3, -0.25) is 24.0 Å². The highest BCUT2D eigenvalue weighted by Gasteiger charge is 2.53. The van der Waals surface area contributed by atoms with Crippen LogP contribution < -0.4 is 24.3 Å². The summed E-state index contributed by atoms with van der Waals surface area (Å²) in [6.07, 6.45) is -7.36. The van der Waals surface area contributed by atoms with Crippen LogP contribution >= 0.6 is 0 Å². The summed E-state index contributed by atoms with van der Waals surface area (Å²) < 4.78 is 50.7. The second-order valence-corrected chi connectivity index (χ2v) is 10.7. The summed E-state index contributed by atoms with van der Waals surface area (Å²) in [6, 6.07) is 11.1. The van der Waals surface area contributed by atoms with Crippen LogP contribution in [0.3, 0.4) is 0 Å². The van der Waals surface area contributed by atoms with Gasteiger partial charge >= 0.3 is 23.9 Å². The lowest BCUT2D eigenvalue weighted by Gasteiger charge is -2.44. The Hall–Kier alpha value is -5.05. The van der Waals surface area contributed by atoms with E-state index in [9.17, 15) is 24.0 Å². The molecular formula is C32H37NO14. The van der Waals surface area contributed by atoms with Gasteiger partial charge in [-0.1, -0.05) is 12.1 Å². The standard InChI is InChI=1S/C32H37NO14/c1-16(26-14-41-22-9-7-8-10-23(22)45-26)33-31(38)21-11-12-24(25(13-21)39-6)46-32-30(44-20(5)37)29(43-19(4)36)28(42-18(3)35)27(47-32)15-40-17(2)34/h7-13,16,26-30,32H,14-15H2,1-6H3,(H,33,38)/t16-,26+,27+,28+,29-,30+,32+/m1/s1. The van der Waals surface area contributed by atoms with Gasteiger partial charge < -0.3 is 47.9 Å². The Bertz CT molecular complexity index is 1480. The highest BCUT2D eigenvalue weighted by Crippen LogP contribution is 2.35. The zero-order chi connectivity index (χ0) is 34.2. The first kappa shape index (κ1) is 34.8. The predicted octanol–water partition coefficient (Wildman–Crippen LogP) is 2.12. The molecule has 2 aromatic carbocycles. The molecule has 0 saturated carbocycles. The Balaban J connectivity index is 1.56. The molecule has 2 aliphatic rings. The second kappa shape index (κ2) is 15.5. The van der Waals surface area contributed by atoms with Crippen molar-refractivity contribution in [1.82, 2.24) is 5.32 Å². The van der Waals surface area contributed by atoms with E-state index in [1.54, 1.807) is 19.1 Å². The molecule has 1 amide bonds. The van der Waals surface area contributed by atoms with E-state index in [0.29, 0.717) is 11.5 Å². The lowest BCUT2D eigenvalue weighted by atomic mass is 9.98. The van der Waals surface area contributed by atoms with Crippen LogP contribution in [0.2, 0.25) is 0 Å². The number of methoxy groups -OCH3 is 1.